The van der Waals surface area contributed by atoms with Crippen molar-refractivity contribution in [3.63, 3.8) is 0 Å². The highest BCUT2D eigenvalue weighted by molar-refractivity contribution is 5.82. The van der Waals surface area contributed by atoms with Gasteiger partial charge in [0, 0.05) is 32.6 Å². The number of esters is 2. The summed E-state index contributed by atoms with van der Waals surface area (Å²) in [6.07, 6.45) is 1.38. The molecule has 1 heterocycles. The van der Waals surface area contributed by atoms with Crippen LogP contribution in [0.2, 0.25) is 0 Å². The molecule has 33 heavy (non-hydrogen) atoms. The van der Waals surface area contributed by atoms with Crippen LogP contribution < -0.4 is 0 Å². The maximum absolute atomic E-state index is 12.4. The molecule has 0 unspecified atom stereocenters. The normalized spacial score (nSPS) is 36.2. The van der Waals surface area contributed by atoms with Gasteiger partial charge >= 0.3 is 11.9 Å². The number of hydrogen-bond acceptors (Lipinski definition) is 9. The summed E-state index contributed by atoms with van der Waals surface area (Å²) in [4.78, 5) is 24.7. The predicted molar refractivity (Wildman–Crippen MR) is 116 cm³/mol. The van der Waals surface area contributed by atoms with E-state index in [0.29, 0.717) is 0 Å². The predicted octanol–water partition coefficient (Wildman–Crippen LogP) is 2.11. The van der Waals surface area contributed by atoms with E-state index in [1.54, 1.807) is 19.9 Å². The van der Waals surface area contributed by atoms with Crippen molar-refractivity contribution < 1.29 is 43.1 Å². The molecule has 0 amide bonds. The molecule has 1 aliphatic heterocycles. The Morgan fingerprint density at radius 2 is 1.70 bits per heavy atom. The molecule has 0 aromatic heterocycles. The van der Waals surface area contributed by atoms with Gasteiger partial charge in [-0.3, -0.25) is 0 Å². The molecular weight excluding hydrogens is 432 g/mol. The van der Waals surface area contributed by atoms with E-state index in [1.165, 1.54) is 27.4 Å². The molecule has 2 aliphatic rings. The Morgan fingerprint density at radius 1 is 1.06 bits per heavy atom. The van der Waals surface area contributed by atoms with Gasteiger partial charge in [-0.1, -0.05) is 36.4 Å². The highest BCUT2D eigenvalue weighted by Gasteiger charge is 2.62. The molecule has 1 aliphatic carbocycles. The number of carbonyl (C=O) groups excluding carboxylic acids is 2. The summed E-state index contributed by atoms with van der Waals surface area (Å²) in [5, 5.41) is 11.1. The van der Waals surface area contributed by atoms with Crippen molar-refractivity contribution in [2.75, 3.05) is 21.3 Å². The highest BCUT2D eigenvalue weighted by Crippen LogP contribution is 2.47. The third-order valence-electron chi connectivity index (χ3n) is 6.51. The molecule has 1 N–H and O–H groups in total. The number of ether oxygens (including phenoxy) is 6. The fraction of sp³-hybridized carbons (Fsp3) is 0.583. The van der Waals surface area contributed by atoms with Crippen molar-refractivity contribution >= 4 is 11.9 Å². The van der Waals surface area contributed by atoms with Crippen molar-refractivity contribution in [3.05, 3.63) is 48.0 Å². The van der Waals surface area contributed by atoms with E-state index in [-0.39, 0.29) is 19.4 Å². The van der Waals surface area contributed by atoms with Crippen LogP contribution in [-0.4, -0.2) is 67.8 Å². The van der Waals surface area contributed by atoms with Crippen LogP contribution in [0.15, 0.2) is 42.5 Å². The van der Waals surface area contributed by atoms with Crippen molar-refractivity contribution in [2.45, 2.75) is 62.7 Å². The maximum atomic E-state index is 12.4. The van der Waals surface area contributed by atoms with Gasteiger partial charge in [-0.25, -0.2) is 9.59 Å². The Morgan fingerprint density at radius 3 is 2.30 bits per heavy atom. The van der Waals surface area contributed by atoms with E-state index in [2.05, 4.69) is 0 Å². The van der Waals surface area contributed by atoms with Crippen molar-refractivity contribution in [1.82, 2.24) is 0 Å². The number of fused-ring (bicyclic) bond motifs is 1. The van der Waals surface area contributed by atoms with Gasteiger partial charge in [0.1, 0.15) is 6.61 Å². The first-order chi connectivity index (χ1) is 15.6. The average molecular weight is 465 g/mol. The molecule has 0 bridgehead atoms. The number of benzene rings is 1. The van der Waals surface area contributed by atoms with E-state index < -0.39 is 47.2 Å². The molecule has 182 valence electrons. The Bertz CT molecular complexity index is 872. The van der Waals surface area contributed by atoms with Crippen LogP contribution >= 0.6 is 0 Å². The van der Waals surface area contributed by atoms with E-state index in [0.717, 1.165) is 5.56 Å². The SMILES string of the molecule is COC(=O)[C@]1(O)C[C@@H](/C=C/C(=O)OCc2ccccc2)[C@H]2O[C@](C)(OC)[C@@](C)(OC)O[C@@H]2C1. The lowest BCUT2D eigenvalue weighted by molar-refractivity contribution is -0.457. The Labute approximate surface area is 193 Å². The molecule has 1 saturated heterocycles. The van der Waals surface area contributed by atoms with Gasteiger partial charge in [0.15, 0.2) is 5.60 Å². The second-order valence-electron chi connectivity index (χ2n) is 8.59. The van der Waals surface area contributed by atoms with Gasteiger partial charge in [-0.2, -0.15) is 0 Å². The maximum Gasteiger partial charge on any atom is 0.337 e. The zero-order valence-corrected chi connectivity index (χ0v) is 19.6. The number of carbonyl (C=O) groups is 2. The minimum absolute atomic E-state index is 0.0316. The van der Waals surface area contributed by atoms with E-state index in [1.807, 2.05) is 30.3 Å². The van der Waals surface area contributed by atoms with Crippen LogP contribution in [0.4, 0.5) is 0 Å². The van der Waals surface area contributed by atoms with Gasteiger partial charge in [-0.05, 0) is 25.8 Å². The van der Waals surface area contributed by atoms with Crippen LogP contribution in [0, 0.1) is 5.92 Å². The number of rotatable bonds is 7. The lowest BCUT2D eigenvalue weighted by Crippen LogP contribution is -2.69. The molecule has 6 atom stereocenters. The molecule has 9 heteroatoms. The first-order valence-corrected chi connectivity index (χ1v) is 10.8. The summed E-state index contributed by atoms with van der Waals surface area (Å²) in [7, 11) is 4.13. The summed E-state index contributed by atoms with van der Waals surface area (Å²) >= 11 is 0. The first-order valence-electron chi connectivity index (χ1n) is 10.8. The summed E-state index contributed by atoms with van der Waals surface area (Å²) in [6.45, 7) is 3.47. The van der Waals surface area contributed by atoms with Crippen molar-refractivity contribution in [3.8, 4) is 0 Å². The molecule has 1 aromatic rings. The smallest absolute Gasteiger partial charge is 0.337 e. The van der Waals surface area contributed by atoms with Crippen LogP contribution in [-0.2, 0) is 44.6 Å². The number of hydrogen-bond donors (Lipinski definition) is 1. The van der Waals surface area contributed by atoms with E-state index in [9.17, 15) is 14.7 Å². The Hall–Kier alpha value is -2.30. The molecular formula is C24H32O9. The Balaban J connectivity index is 1.82. The molecule has 9 nitrogen and oxygen atoms in total. The number of methoxy groups -OCH3 is 3. The molecule has 0 spiro atoms. The second-order valence-corrected chi connectivity index (χ2v) is 8.59. The largest absolute Gasteiger partial charge is 0.467 e. The summed E-state index contributed by atoms with van der Waals surface area (Å²) in [6, 6.07) is 9.29. The number of aliphatic hydroxyl groups is 1. The third kappa shape index (κ3) is 5.12. The molecule has 2 fully saturated rings. The summed E-state index contributed by atoms with van der Waals surface area (Å²) in [5.74, 6) is -4.50. The lowest BCUT2D eigenvalue weighted by Gasteiger charge is -2.56. The van der Waals surface area contributed by atoms with E-state index in [4.69, 9.17) is 28.4 Å². The first kappa shape index (κ1) is 25.3. The van der Waals surface area contributed by atoms with Crippen LogP contribution in [0.3, 0.4) is 0 Å². The third-order valence-corrected chi connectivity index (χ3v) is 6.51. The Kier molecular flexibility index (Phi) is 7.60. The summed E-state index contributed by atoms with van der Waals surface area (Å²) in [5.41, 5.74) is -0.965. The van der Waals surface area contributed by atoms with E-state index >= 15 is 0 Å². The van der Waals surface area contributed by atoms with Gasteiger partial charge in [0.05, 0.1) is 19.3 Å². The van der Waals surface area contributed by atoms with Crippen LogP contribution in [0.25, 0.3) is 0 Å². The van der Waals surface area contributed by atoms with Crippen molar-refractivity contribution in [1.29, 1.82) is 0 Å². The molecule has 3 rings (SSSR count). The minimum atomic E-state index is -1.82. The topological polar surface area (TPSA) is 110 Å². The fourth-order valence-electron chi connectivity index (χ4n) is 4.33. The van der Waals surface area contributed by atoms with Gasteiger partial charge in [0.25, 0.3) is 0 Å². The summed E-state index contributed by atoms with van der Waals surface area (Å²) < 4.78 is 33.7. The molecule has 0 radical (unpaired) electrons. The molecule has 1 saturated carbocycles. The highest BCUT2D eigenvalue weighted by atomic mass is 16.8. The monoisotopic (exact) mass is 464 g/mol. The van der Waals surface area contributed by atoms with Crippen LogP contribution in [0.1, 0.15) is 32.3 Å². The van der Waals surface area contributed by atoms with Crippen LogP contribution in [0.5, 0.6) is 0 Å². The average Bonchev–Trinajstić information content (AvgIpc) is 2.82. The lowest BCUT2D eigenvalue weighted by atomic mass is 9.73. The minimum Gasteiger partial charge on any atom is -0.467 e. The zero-order valence-electron chi connectivity index (χ0n) is 19.6. The van der Waals surface area contributed by atoms with Gasteiger partial charge in [0.2, 0.25) is 11.6 Å². The standard InChI is InChI=1S/C24H32O9/c1-22(29-4)23(2,30-5)33-20-17(13-24(27,21(26)28-3)14-18(20)32-22)11-12-19(25)31-15-16-9-7-6-8-10-16/h6-12,17-18,20,27H,13-15H2,1-5H3/b12-11+/t17-,18-,20-,22+,23+,24+/m1/s1. The quantitative estimate of drug-likeness (QED) is 0.479. The second kappa shape index (κ2) is 9.90. The van der Waals surface area contributed by atoms with Gasteiger partial charge < -0.3 is 33.5 Å². The van der Waals surface area contributed by atoms with Gasteiger partial charge in [-0.15, -0.1) is 0 Å². The molecule has 1 aromatic carbocycles. The fourth-order valence-corrected chi connectivity index (χ4v) is 4.33. The van der Waals surface area contributed by atoms with Crippen molar-refractivity contribution in [2.24, 2.45) is 5.92 Å². The zero-order chi connectivity index (χ0) is 24.3.